The fourth-order valence-electron chi connectivity index (χ4n) is 2.27. The van der Waals surface area contributed by atoms with Crippen LogP contribution in [0.2, 0.25) is 0 Å². The molecule has 2 aromatic rings. The molecule has 7 heteroatoms. The third-order valence-corrected chi connectivity index (χ3v) is 4.92. The van der Waals surface area contributed by atoms with Gasteiger partial charge >= 0.3 is 0 Å². The SMILES string of the molecule is CCc1cnc(CCNC(=NC)NCC(C)Oc2ccc(C)cc2)s1.I. The van der Waals surface area contributed by atoms with Gasteiger partial charge in [0.05, 0.1) is 11.6 Å². The highest BCUT2D eigenvalue weighted by molar-refractivity contribution is 14.0. The Hall–Kier alpha value is -1.35. The Labute approximate surface area is 177 Å². The van der Waals surface area contributed by atoms with Crippen molar-refractivity contribution in [2.24, 2.45) is 4.99 Å². The first-order valence-electron chi connectivity index (χ1n) is 8.72. The second-order valence-corrected chi connectivity index (χ2v) is 7.15. The average molecular weight is 488 g/mol. The molecule has 1 heterocycles. The monoisotopic (exact) mass is 488 g/mol. The van der Waals surface area contributed by atoms with Crippen molar-refractivity contribution in [2.45, 2.75) is 39.7 Å². The average Bonchev–Trinajstić information content (AvgIpc) is 3.08. The van der Waals surface area contributed by atoms with Gasteiger partial charge in [0.2, 0.25) is 0 Å². The highest BCUT2D eigenvalue weighted by Gasteiger charge is 2.06. The number of hydrogen-bond acceptors (Lipinski definition) is 4. The van der Waals surface area contributed by atoms with Gasteiger partial charge in [-0.25, -0.2) is 4.98 Å². The maximum Gasteiger partial charge on any atom is 0.191 e. The normalized spacial score (nSPS) is 12.2. The summed E-state index contributed by atoms with van der Waals surface area (Å²) in [5, 5.41) is 7.79. The van der Waals surface area contributed by atoms with Crippen LogP contribution in [0.4, 0.5) is 0 Å². The predicted molar refractivity (Wildman–Crippen MR) is 121 cm³/mol. The Morgan fingerprint density at radius 2 is 2.00 bits per heavy atom. The van der Waals surface area contributed by atoms with Gasteiger partial charge in [0.25, 0.3) is 0 Å². The summed E-state index contributed by atoms with van der Waals surface area (Å²) in [5.74, 6) is 1.67. The Bertz CT molecular complexity index is 672. The van der Waals surface area contributed by atoms with Crippen LogP contribution in [0.3, 0.4) is 0 Å². The Balaban J connectivity index is 0.00000338. The lowest BCUT2D eigenvalue weighted by molar-refractivity contribution is 0.224. The second-order valence-electron chi connectivity index (χ2n) is 5.95. The Morgan fingerprint density at radius 1 is 1.27 bits per heavy atom. The highest BCUT2D eigenvalue weighted by Crippen LogP contribution is 2.14. The van der Waals surface area contributed by atoms with E-state index in [4.69, 9.17) is 4.74 Å². The lowest BCUT2D eigenvalue weighted by Crippen LogP contribution is -2.42. The largest absolute Gasteiger partial charge is 0.489 e. The van der Waals surface area contributed by atoms with Gasteiger partial charge in [0, 0.05) is 31.1 Å². The van der Waals surface area contributed by atoms with E-state index in [-0.39, 0.29) is 30.1 Å². The van der Waals surface area contributed by atoms with Crippen LogP contribution in [0.15, 0.2) is 35.5 Å². The maximum atomic E-state index is 5.90. The van der Waals surface area contributed by atoms with Gasteiger partial charge in [0.15, 0.2) is 5.96 Å². The van der Waals surface area contributed by atoms with Gasteiger partial charge in [-0.1, -0.05) is 24.6 Å². The van der Waals surface area contributed by atoms with E-state index >= 15 is 0 Å². The van der Waals surface area contributed by atoms with E-state index in [1.54, 1.807) is 18.4 Å². The van der Waals surface area contributed by atoms with Crippen LogP contribution in [0.25, 0.3) is 0 Å². The number of benzene rings is 1. The number of ether oxygens (including phenoxy) is 1. The van der Waals surface area contributed by atoms with Crippen molar-refractivity contribution in [3.8, 4) is 5.75 Å². The molecule has 0 aliphatic carbocycles. The van der Waals surface area contributed by atoms with Crippen LogP contribution in [0, 0.1) is 6.92 Å². The first-order valence-corrected chi connectivity index (χ1v) is 9.53. The molecule has 0 aliphatic heterocycles. The van der Waals surface area contributed by atoms with Gasteiger partial charge < -0.3 is 15.4 Å². The van der Waals surface area contributed by atoms with E-state index in [2.05, 4.69) is 46.6 Å². The quantitative estimate of drug-likeness (QED) is 0.337. The molecule has 1 aromatic carbocycles. The molecule has 5 nitrogen and oxygen atoms in total. The molecule has 144 valence electrons. The summed E-state index contributed by atoms with van der Waals surface area (Å²) in [5.41, 5.74) is 1.23. The van der Waals surface area contributed by atoms with Crippen LogP contribution < -0.4 is 15.4 Å². The number of nitrogens with one attached hydrogen (secondary N) is 2. The minimum Gasteiger partial charge on any atom is -0.489 e. The van der Waals surface area contributed by atoms with Crippen molar-refractivity contribution < 1.29 is 4.74 Å². The van der Waals surface area contributed by atoms with Gasteiger partial charge in [-0.3, -0.25) is 4.99 Å². The fraction of sp³-hybridized carbons (Fsp3) is 0.474. The zero-order valence-electron chi connectivity index (χ0n) is 15.9. The van der Waals surface area contributed by atoms with Crippen molar-refractivity contribution in [1.82, 2.24) is 15.6 Å². The molecule has 1 aromatic heterocycles. The number of aromatic nitrogens is 1. The predicted octanol–water partition coefficient (Wildman–Crippen LogP) is 3.81. The summed E-state index contributed by atoms with van der Waals surface area (Å²) in [7, 11) is 1.78. The molecule has 1 atom stereocenters. The molecular weight excluding hydrogens is 459 g/mol. The van der Waals surface area contributed by atoms with Crippen LogP contribution in [0.5, 0.6) is 5.75 Å². The summed E-state index contributed by atoms with van der Waals surface area (Å²) in [6.45, 7) is 7.76. The smallest absolute Gasteiger partial charge is 0.191 e. The second kappa shape index (κ2) is 12.1. The van der Waals surface area contributed by atoms with E-state index in [0.717, 1.165) is 36.1 Å². The highest BCUT2D eigenvalue weighted by atomic mass is 127. The number of aryl methyl sites for hydroxylation is 2. The molecule has 0 radical (unpaired) electrons. The molecule has 2 N–H and O–H groups in total. The standard InChI is InChI=1S/C19H28N4OS.HI/c1-5-17-13-22-18(25-17)10-11-21-19(20-4)23-12-15(3)24-16-8-6-14(2)7-9-16;/h6-9,13,15H,5,10-12H2,1-4H3,(H2,20,21,23);1H. The number of guanidine groups is 1. The van der Waals surface area contributed by atoms with Crippen molar-refractivity contribution in [2.75, 3.05) is 20.1 Å². The summed E-state index contributed by atoms with van der Waals surface area (Å²) in [6, 6.07) is 8.10. The summed E-state index contributed by atoms with van der Waals surface area (Å²) in [4.78, 5) is 10.0. The maximum absolute atomic E-state index is 5.90. The minimum atomic E-state index is 0. The lowest BCUT2D eigenvalue weighted by atomic mass is 10.2. The van der Waals surface area contributed by atoms with Crippen molar-refractivity contribution >= 4 is 41.3 Å². The van der Waals surface area contributed by atoms with Gasteiger partial charge in [-0.15, -0.1) is 35.3 Å². The summed E-state index contributed by atoms with van der Waals surface area (Å²) < 4.78 is 5.90. The molecule has 26 heavy (non-hydrogen) atoms. The third kappa shape index (κ3) is 7.90. The molecule has 0 bridgehead atoms. The first-order chi connectivity index (χ1) is 12.1. The molecule has 0 spiro atoms. The zero-order chi connectivity index (χ0) is 18.1. The zero-order valence-corrected chi connectivity index (χ0v) is 19.1. The number of rotatable bonds is 8. The van der Waals surface area contributed by atoms with Crippen molar-refractivity contribution in [3.05, 3.63) is 45.9 Å². The minimum absolute atomic E-state index is 0. The van der Waals surface area contributed by atoms with E-state index in [9.17, 15) is 0 Å². The van der Waals surface area contributed by atoms with Gasteiger partial charge in [-0.05, 0) is 32.4 Å². The van der Waals surface area contributed by atoms with Gasteiger partial charge in [0.1, 0.15) is 11.9 Å². The van der Waals surface area contributed by atoms with Crippen LogP contribution >= 0.6 is 35.3 Å². The molecule has 0 saturated heterocycles. The molecule has 0 amide bonds. The number of nitrogens with zero attached hydrogens (tertiary/aromatic N) is 2. The van der Waals surface area contributed by atoms with Crippen LogP contribution in [0.1, 0.15) is 29.3 Å². The molecular formula is C19H29IN4OS. The van der Waals surface area contributed by atoms with Crippen LogP contribution in [-0.4, -0.2) is 37.2 Å². The molecule has 0 fully saturated rings. The van der Waals surface area contributed by atoms with Crippen LogP contribution in [-0.2, 0) is 12.8 Å². The molecule has 1 unspecified atom stereocenters. The summed E-state index contributed by atoms with van der Waals surface area (Å²) >= 11 is 1.78. The lowest BCUT2D eigenvalue weighted by Gasteiger charge is -2.17. The van der Waals surface area contributed by atoms with E-state index in [1.165, 1.54) is 10.4 Å². The third-order valence-electron chi connectivity index (χ3n) is 3.72. The molecule has 2 rings (SSSR count). The molecule has 0 aliphatic rings. The number of aliphatic imine (C=N–C) groups is 1. The Morgan fingerprint density at radius 3 is 2.62 bits per heavy atom. The van der Waals surface area contributed by atoms with E-state index in [0.29, 0.717) is 6.54 Å². The van der Waals surface area contributed by atoms with Gasteiger partial charge in [-0.2, -0.15) is 0 Å². The first kappa shape index (κ1) is 22.7. The molecule has 0 saturated carbocycles. The van der Waals surface area contributed by atoms with E-state index in [1.807, 2.05) is 25.3 Å². The number of hydrogen-bond donors (Lipinski definition) is 2. The fourth-order valence-corrected chi connectivity index (χ4v) is 3.13. The van der Waals surface area contributed by atoms with Crippen molar-refractivity contribution in [1.29, 1.82) is 0 Å². The number of halogens is 1. The Kier molecular flexibility index (Phi) is 10.6. The topological polar surface area (TPSA) is 58.5 Å². The number of thiazole rings is 1. The summed E-state index contributed by atoms with van der Waals surface area (Å²) in [6.07, 6.45) is 3.97. The van der Waals surface area contributed by atoms with Crippen molar-refractivity contribution in [3.63, 3.8) is 0 Å². The van der Waals surface area contributed by atoms with E-state index < -0.39 is 0 Å².